The van der Waals surface area contributed by atoms with Gasteiger partial charge in [0, 0.05) is 4.88 Å². The molecule has 0 aliphatic heterocycles. The third-order valence-electron chi connectivity index (χ3n) is 2.95. The summed E-state index contributed by atoms with van der Waals surface area (Å²) < 4.78 is 5.20. The van der Waals surface area contributed by atoms with E-state index < -0.39 is 0 Å². The highest BCUT2D eigenvalue weighted by Crippen LogP contribution is 2.33. The zero-order chi connectivity index (χ0) is 13.7. The molecule has 2 aromatic rings. The molecule has 0 spiro atoms. The fraction of sp³-hybridized carbons (Fsp3) is 0.333. The highest BCUT2D eigenvalue weighted by molar-refractivity contribution is 7.10. The Morgan fingerprint density at radius 2 is 2.00 bits per heavy atom. The van der Waals surface area contributed by atoms with E-state index in [0.29, 0.717) is 0 Å². The summed E-state index contributed by atoms with van der Waals surface area (Å²) in [4.78, 5) is 1.17. The van der Waals surface area contributed by atoms with Gasteiger partial charge in [0.1, 0.15) is 5.75 Å². The molecule has 0 fully saturated rings. The van der Waals surface area contributed by atoms with E-state index in [1.807, 2.05) is 23.6 Å². The highest BCUT2D eigenvalue weighted by atomic mass is 35.5. The first-order valence-corrected chi connectivity index (χ1v) is 7.62. The summed E-state index contributed by atoms with van der Waals surface area (Å²) in [5, 5.41) is 6.41. The van der Waals surface area contributed by atoms with Crippen LogP contribution in [0.3, 0.4) is 0 Å². The lowest BCUT2D eigenvalue weighted by Gasteiger charge is -2.18. The van der Waals surface area contributed by atoms with Crippen molar-refractivity contribution in [1.29, 1.82) is 0 Å². The molecule has 19 heavy (non-hydrogen) atoms. The summed E-state index contributed by atoms with van der Waals surface area (Å²) in [6.45, 7) is 3.12. The first-order valence-electron chi connectivity index (χ1n) is 6.36. The van der Waals surface area contributed by atoms with Gasteiger partial charge in [0.25, 0.3) is 0 Å². The molecule has 1 unspecified atom stereocenters. The minimum atomic E-state index is 0.151. The van der Waals surface area contributed by atoms with Crippen LogP contribution in [0.2, 0.25) is 5.02 Å². The van der Waals surface area contributed by atoms with Gasteiger partial charge in [-0.25, -0.2) is 0 Å². The third-order valence-corrected chi connectivity index (χ3v) is 4.38. The summed E-state index contributed by atoms with van der Waals surface area (Å²) in [6.07, 6.45) is 1.09. The molecule has 0 aliphatic carbocycles. The number of thiophene rings is 1. The van der Waals surface area contributed by atoms with Crippen molar-refractivity contribution in [2.45, 2.75) is 19.4 Å². The van der Waals surface area contributed by atoms with Crippen LogP contribution in [0, 0.1) is 0 Å². The minimum absolute atomic E-state index is 0.151. The smallest absolute Gasteiger partial charge is 0.118 e. The maximum absolute atomic E-state index is 6.27. The van der Waals surface area contributed by atoms with Crippen LogP contribution in [-0.2, 0) is 0 Å². The van der Waals surface area contributed by atoms with Gasteiger partial charge < -0.3 is 10.1 Å². The second-order valence-corrected chi connectivity index (χ2v) is 5.65. The van der Waals surface area contributed by atoms with E-state index in [2.05, 4.69) is 24.4 Å². The number of methoxy groups -OCH3 is 1. The van der Waals surface area contributed by atoms with E-state index in [9.17, 15) is 0 Å². The summed E-state index contributed by atoms with van der Waals surface area (Å²) in [5.41, 5.74) is 1.21. The Morgan fingerprint density at radius 1 is 1.26 bits per heavy atom. The largest absolute Gasteiger partial charge is 0.497 e. The van der Waals surface area contributed by atoms with E-state index >= 15 is 0 Å². The van der Waals surface area contributed by atoms with E-state index in [-0.39, 0.29) is 6.04 Å². The van der Waals surface area contributed by atoms with Crippen molar-refractivity contribution in [3.8, 4) is 5.75 Å². The van der Waals surface area contributed by atoms with Gasteiger partial charge in [-0.1, -0.05) is 30.7 Å². The van der Waals surface area contributed by atoms with Crippen LogP contribution in [0.5, 0.6) is 5.75 Å². The summed E-state index contributed by atoms with van der Waals surface area (Å²) in [5.74, 6) is 0.871. The van der Waals surface area contributed by atoms with Crippen LogP contribution in [0.25, 0.3) is 0 Å². The van der Waals surface area contributed by atoms with Crippen molar-refractivity contribution in [3.05, 3.63) is 51.2 Å². The third kappa shape index (κ3) is 3.50. The number of hydrogen-bond donors (Lipinski definition) is 1. The van der Waals surface area contributed by atoms with Gasteiger partial charge in [-0.3, -0.25) is 0 Å². The molecule has 0 saturated heterocycles. The van der Waals surface area contributed by atoms with Crippen molar-refractivity contribution in [1.82, 2.24) is 5.32 Å². The Morgan fingerprint density at radius 3 is 2.53 bits per heavy atom. The van der Waals surface area contributed by atoms with Gasteiger partial charge in [0.05, 0.1) is 18.2 Å². The molecule has 1 N–H and O–H groups in total. The van der Waals surface area contributed by atoms with Crippen molar-refractivity contribution in [2.75, 3.05) is 13.7 Å². The fourth-order valence-corrected chi connectivity index (χ4v) is 3.23. The minimum Gasteiger partial charge on any atom is -0.497 e. The standard InChI is InChI=1S/C15H18ClNOS/c1-3-9-17-14(15-13(16)8-10-19-15)11-4-6-12(18-2)7-5-11/h4-8,10,14,17H,3,9H2,1-2H3. The van der Waals surface area contributed by atoms with Crippen LogP contribution in [0.1, 0.15) is 29.8 Å². The zero-order valence-electron chi connectivity index (χ0n) is 11.2. The zero-order valence-corrected chi connectivity index (χ0v) is 12.7. The molecule has 2 rings (SSSR count). The monoisotopic (exact) mass is 295 g/mol. The topological polar surface area (TPSA) is 21.3 Å². The lowest BCUT2D eigenvalue weighted by molar-refractivity contribution is 0.414. The lowest BCUT2D eigenvalue weighted by Crippen LogP contribution is -2.22. The predicted molar refractivity (Wildman–Crippen MR) is 82.5 cm³/mol. The molecule has 1 aromatic carbocycles. The van der Waals surface area contributed by atoms with Crippen LogP contribution < -0.4 is 10.1 Å². The molecule has 2 nitrogen and oxygen atoms in total. The maximum Gasteiger partial charge on any atom is 0.118 e. The van der Waals surface area contributed by atoms with E-state index in [0.717, 1.165) is 23.7 Å². The summed E-state index contributed by atoms with van der Waals surface area (Å²) >= 11 is 7.95. The van der Waals surface area contributed by atoms with Gasteiger partial charge in [-0.15, -0.1) is 11.3 Å². The molecule has 0 aliphatic rings. The Balaban J connectivity index is 2.28. The molecule has 4 heteroatoms. The highest BCUT2D eigenvalue weighted by Gasteiger charge is 2.17. The molecule has 102 valence electrons. The number of nitrogens with one attached hydrogen (secondary N) is 1. The molecule has 1 aromatic heterocycles. The van der Waals surface area contributed by atoms with Crippen LogP contribution in [-0.4, -0.2) is 13.7 Å². The van der Waals surface area contributed by atoms with Crippen molar-refractivity contribution in [3.63, 3.8) is 0 Å². The van der Waals surface area contributed by atoms with Crippen molar-refractivity contribution >= 4 is 22.9 Å². The molecular weight excluding hydrogens is 278 g/mol. The van der Waals surface area contributed by atoms with Crippen LogP contribution in [0.4, 0.5) is 0 Å². The number of rotatable bonds is 6. The molecule has 0 bridgehead atoms. The molecule has 0 radical (unpaired) electrons. The van der Waals surface area contributed by atoms with Gasteiger partial charge >= 0.3 is 0 Å². The van der Waals surface area contributed by atoms with E-state index in [4.69, 9.17) is 16.3 Å². The van der Waals surface area contributed by atoms with Gasteiger partial charge in [-0.2, -0.15) is 0 Å². The average Bonchev–Trinajstić information content (AvgIpc) is 2.86. The predicted octanol–water partition coefficient (Wildman–Crippen LogP) is 4.50. The number of benzene rings is 1. The van der Waals surface area contributed by atoms with Gasteiger partial charge in [0.2, 0.25) is 0 Å². The lowest BCUT2D eigenvalue weighted by atomic mass is 10.0. The Hall–Kier alpha value is -1.03. The number of halogens is 1. The van der Waals surface area contributed by atoms with Crippen LogP contribution in [0.15, 0.2) is 35.7 Å². The SMILES string of the molecule is CCCNC(c1ccc(OC)cc1)c1sccc1Cl. The quantitative estimate of drug-likeness (QED) is 0.847. The Labute approximate surface area is 123 Å². The molecule has 0 saturated carbocycles. The summed E-state index contributed by atoms with van der Waals surface area (Å²) in [7, 11) is 1.68. The normalized spacial score (nSPS) is 12.4. The maximum atomic E-state index is 6.27. The van der Waals surface area contributed by atoms with Crippen molar-refractivity contribution < 1.29 is 4.74 Å². The first kappa shape index (κ1) is 14.4. The molecule has 0 amide bonds. The molecule has 1 heterocycles. The van der Waals surface area contributed by atoms with Crippen molar-refractivity contribution in [2.24, 2.45) is 0 Å². The fourth-order valence-electron chi connectivity index (χ4n) is 1.96. The average molecular weight is 296 g/mol. The second kappa shape index (κ2) is 6.94. The van der Waals surface area contributed by atoms with Gasteiger partial charge in [-0.05, 0) is 42.1 Å². The number of hydrogen-bond acceptors (Lipinski definition) is 3. The Bertz CT molecular complexity index is 509. The van der Waals surface area contributed by atoms with E-state index in [1.165, 1.54) is 10.4 Å². The second-order valence-electron chi connectivity index (χ2n) is 4.29. The van der Waals surface area contributed by atoms with Crippen LogP contribution >= 0.6 is 22.9 Å². The van der Waals surface area contributed by atoms with Gasteiger partial charge in [0.15, 0.2) is 0 Å². The first-order chi connectivity index (χ1) is 9.26. The van der Waals surface area contributed by atoms with E-state index in [1.54, 1.807) is 18.4 Å². The molecular formula is C15H18ClNOS. The Kier molecular flexibility index (Phi) is 5.25. The number of ether oxygens (including phenoxy) is 1. The molecule has 1 atom stereocenters. The summed E-state index contributed by atoms with van der Waals surface area (Å²) in [6, 6.07) is 10.2.